The van der Waals surface area contributed by atoms with Crippen LogP contribution in [-0.2, 0) is 6.42 Å². The van der Waals surface area contributed by atoms with E-state index < -0.39 is 0 Å². The van der Waals surface area contributed by atoms with Gasteiger partial charge in [0.05, 0.1) is 11.9 Å². The van der Waals surface area contributed by atoms with Crippen molar-refractivity contribution in [3.05, 3.63) is 52.1 Å². The summed E-state index contributed by atoms with van der Waals surface area (Å²) in [5, 5.41) is 3.13. The molecule has 2 aromatic rings. The molecular formula is C13H13BrFN3. The van der Waals surface area contributed by atoms with Gasteiger partial charge in [-0.2, -0.15) is 0 Å². The molecule has 18 heavy (non-hydrogen) atoms. The number of aromatic nitrogens is 2. The Bertz CT molecular complexity index is 546. The summed E-state index contributed by atoms with van der Waals surface area (Å²) in [5.41, 5.74) is 1.53. The summed E-state index contributed by atoms with van der Waals surface area (Å²) in [4.78, 5) is 8.30. The van der Waals surface area contributed by atoms with E-state index in [1.165, 1.54) is 6.07 Å². The summed E-state index contributed by atoms with van der Waals surface area (Å²) in [6.07, 6.45) is 3.95. The molecule has 0 unspecified atom stereocenters. The third-order valence-electron chi connectivity index (χ3n) is 2.46. The van der Waals surface area contributed by atoms with E-state index in [1.54, 1.807) is 24.5 Å². The number of benzene rings is 1. The number of nitrogens with zero attached hydrogens (tertiary/aromatic N) is 2. The summed E-state index contributed by atoms with van der Waals surface area (Å²) in [5.74, 6) is 0.528. The lowest BCUT2D eigenvalue weighted by molar-refractivity contribution is 0.610. The Balaban J connectivity index is 1.94. The van der Waals surface area contributed by atoms with Crippen molar-refractivity contribution in [3.8, 4) is 0 Å². The van der Waals surface area contributed by atoms with Crippen LogP contribution in [0.5, 0.6) is 0 Å². The quantitative estimate of drug-likeness (QED) is 0.941. The number of rotatable bonds is 4. The summed E-state index contributed by atoms with van der Waals surface area (Å²) in [6, 6.07) is 4.95. The van der Waals surface area contributed by atoms with Gasteiger partial charge in [-0.05, 0) is 37.1 Å². The first-order valence-electron chi connectivity index (χ1n) is 5.61. The Morgan fingerprint density at radius 1 is 1.33 bits per heavy atom. The van der Waals surface area contributed by atoms with Gasteiger partial charge in [0.1, 0.15) is 11.6 Å². The van der Waals surface area contributed by atoms with Crippen LogP contribution in [-0.4, -0.2) is 16.5 Å². The molecule has 0 aliphatic heterocycles. The van der Waals surface area contributed by atoms with Crippen molar-refractivity contribution in [1.29, 1.82) is 0 Å². The van der Waals surface area contributed by atoms with Crippen LogP contribution in [0.15, 0.2) is 35.1 Å². The normalized spacial score (nSPS) is 10.4. The lowest BCUT2D eigenvalue weighted by Gasteiger charge is -2.07. The van der Waals surface area contributed by atoms with Gasteiger partial charge in [-0.3, -0.25) is 4.98 Å². The second-order valence-electron chi connectivity index (χ2n) is 3.96. The Hall–Kier alpha value is -1.49. The van der Waals surface area contributed by atoms with Crippen LogP contribution in [0.3, 0.4) is 0 Å². The van der Waals surface area contributed by atoms with Gasteiger partial charge >= 0.3 is 0 Å². The van der Waals surface area contributed by atoms with Crippen molar-refractivity contribution in [2.24, 2.45) is 0 Å². The molecule has 0 atom stereocenters. The van der Waals surface area contributed by atoms with Crippen LogP contribution in [0.2, 0.25) is 0 Å². The second kappa shape index (κ2) is 5.91. The van der Waals surface area contributed by atoms with Gasteiger partial charge in [0.15, 0.2) is 0 Å². The van der Waals surface area contributed by atoms with E-state index in [0.717, 1.165) is 10.2 Å². The number of hydrogen-bond donors (Lipinski definition) is 1. The molecule has 5 heteroatoms. The van der Waals surface area contributed by atoms with Crippen LogP contribution in [0.1, 0.15) is 11.3 Å². The molecule has 0 amide bonds. The highest BCUT2D eigenvalue weighted by molar-refractivity contribution is 9.10. The van der Waals surface area contributed by atoms with Crippen molar-refractivity contribution in [2.75, 3.05) is 11.9 Å². The third kappa shape index (κ3) is 3.50. The summed E-state index contributed by atoms with van der Waals surface area (Å²) in [6.45, 7) is 2.50. The van der Waals surface area contributed by atoms with Crippen LogP contribution < -0.4 is 5.32 Å². The highest BCUT2D eigenvalue weighted by Gasteiger charge is 2.03. The maximum atomic E-state index is 13.5. The van der Waals surface area contributed by atoms with E-state index in [4.69, 9.17) is 0 Å². The van der Waals surface area contributed by atoms with E-state index >= 15 is 0 Å². The van der Waals surface area contributed by atoms with E-state index in [2.05, 4.69) is 31.2 Å². The van der Waals surface area contributed by atoms with Crippen LogP contribution in [0.25, 0.3) is 0 Å². The molecule has 0 radical (unpaired) electrons. The predicted octanol–water partition coefficient (Wildman–Crippen LogP) is 3.34. The SMILES string of the molecule is Cc1cncc(NCCc2cc(Br)ccc2F)n1. The van der Waals surface area contributed by atoms with Gasteiger partial charge in [-0.1, -0.05) is 15.9 Å². The van der Waals surface area contributed by atoms with Gasteiger partial charge < -0.3 is 5.32 Å². The van der Waals surface area contributed by atoms with Gasteiger partial charge in [0, 0.05) is 17.2 Å². The third-order valence-corrected chi connectivity index (χ3v) is 2.96. The number of hydrogen-bond acceptors (Lipinski definition) is 3. The molecule has 1 heterocycles. The van der Waals surface area contributed by atoms with Crippen molar-refractivity contribution < 1.29 is 4.39 Å². The van der Waals surface area contributed by atoms with E-state index in [0.29, 0.717) is 24.3 Å². The average molecular weight is 310 g/mol. The average Bonchev–Trinajstić information content (AvgIpc) is 2.34. The maximum Gasteiger partial charge on any atom is 0.144 e. The molecule has 2 rings (SSSR count). The van der Waals surface area contributed by atoms with E-state index in [-0.39, 0.29) is 5.82 Å². The van der Waals surface area contributed by atoms with Gasteiger partial charge in [0.2, 0.25) is 0 Å². The minimum absolute atomic E-state index is 0.185. The lowest BCUT2D eigenvalue weighted by Crippen LogP contribution is -2.08. The molecule has 1 aromatic heterocycles. The molecule has 1 N–H and O–H groups in total. The molecule has 0 bridgehead atoms. The topological polar surface area (TPSA) is 37.8 Å². The number of anilines is 1. The first-order valence-corrected chi connectivity index (χ1v) is 6.41. The predicted molar refractivity (Wildman–Crippen MR) is 73.1 cm³/mol. The lowest BCUT2D eigenvalue weighted by atomic mass is 10.1. The van der Waals surface area contributed by atoms with E-state index in [9.17, 15) is 4.39 Å². The standard InChI is InChI=1S/C13H13BrFN3/c1-9-7-16-8-13(18-9)17-5-4-10-6-11(14)2-3-12(10)15/h2-3,6-8H,4-5H2,1H3,(H,17,18). The van der Waals surface area contributed by atoms with Crippen molar-refractivity contribution in [2.45, 2.75) is 13.3 Å². The summed E-state index contributed by atoms with van der Waals surface area (Å²) >= 11 is 3.33. The monoisotopic (exact) mass is 309 g/mol. The Kier molecular flexibility index (Phi) is 4.25. The smallest absolute Gasteiger partial charge is 0.144 e. The molecule has 3 nitrogen and oxygen atoms in total. The first kappa shape index (κ1) is 13.0. The molecule has 0 fully saturated rings. The highest BCUT2D eigenvalue weighted by Crippen LogP contribution is 2.16. The Labute approximate surface area is 114 Å². The van der Waals surface area contributed by atoms with Gasteiger partial charge in [-0.15, -0.1) is 0 Å². The van der Waals surface area contributed by atoms with Crippen molar-refractivity contribution >= 4 is 21.7 Å². The molecule has 0 aliphatic rings. The number of nitrogens with one attached hydrogen (secondary N) is 1. The largest absolute Gasteiger partial charge is 0.368 e. The molecule has 0 aliphatic carbocycles. The fourth-order valence-electron chi connectivity index (χ4n) is 1.61. The van der Waals surface area contributed by atoms with Gasteiger partial charge in [-0.25, -0.2) is 9.37 Å². The zero-order valence-electron chi connectivity index (χ0n) is 9.95. The first-order chi connectivity index (χ1) is 8.65. The zero-order chi connectivity index (χ0) is 13.0. The zero-order valence-corrected chi connectivity index (χ0v) is 11.5. The molecule has 94 valence electrons. The van der Waals surface area contributed by atoms with Gasteiger partial charge in [0.25, 0.3) is 0 Å². The fraction of sp³-hybridized carbons (Fsp3) is 0.231. The van der Waals surface area contributed by atoms with Crippen LogP contribution in [0.4, 0.5) is 10.2 Å². The minimum Gasteiger partial charge on any atom is -0.368 e. The highest BCUT2D eigenvalue weighted by atomic mass is 79.9. The molecular weight excluding hydrogens is 297 g/mol. The van der Waals surface area contributed by atoms with E-state index in [1.807, 2.05) is 6.92 Å². The summed E-state index contributed by atoms with van der Waals surface area (Å²) in [7, 11) is 0. The van der Waals surface area contributed by atoms with Crippen molar-refractivity contribution in [1.82, 2.24) is 9.97 Å². The molecule has 0 spiro atoms. The number of aryl methyl sites for hydroxylation is 1. The Morgan fingerprint density at radius 3 is 2.94 bits per heavy atom. The molecule has 1 aromatic carbocycles. The van der Waals surface area contributed by atoms with Crippen LogP contribution >= 0.6 is 15.9 Å². The molecule has 0 saturated carbocycles. The Morgan fingerprint density at radius 2 is 2.17 bits per heavy atom. The molecule has 0 saturated heterocycles. The minimum atomic E-state index is -0.185. The maximum absolute atomic E-state index is 13.5. The van der Waals surface area contributed by atoms with Crippen LogP contribution in [0, 0.1) is 12.7 Å². The van der Waals surface area contributed by atoms with Crippen molar-refractivity contribution in [3.63, 3.8) is 0 Å². The second-order valence-corrected chi connectivity index (χ2v) is 4.87. The summed E-state index contributed by atoms with van der Waals surface area (Å²) < 4.78 is 14.4. The number of halogens is 2. The fourth-order valence-corrected chi connectivity index (χ4v) is 2.02.